The van der Waals surface area contributed by atoms with Crippen molar-refractivity contribution in [2.24, 2.45) is 0 Å². The number of carbonyl (C=O) groups excluding carboxylic acids is 1. The van der Waals surface area contributed by atoms with Crippen LogP contribution in [0.25, 0.3) is 11.1 Å². The van der Waals surface area contributed by atoms with E-state index in [4.69, 9.17) is 0 Å². The van der Waals surface area contributed by atoms with E-state index in [1.807, 2.05) is 25.1 Å². The van der Waals surface area contributed by atoms with Crippen molar-refractivity contribution in [3.05, 3.63) is 74.8 Å². The Hall–Kier alpha value is -3.56. The van der Waals surface area contributed by atoms with Crippen LogP contribution in [0.5, 0.6) is 0 Å². The summed E-state index contributed by atoms with van der Waals surface area (Å²) in [4.78, 5) is 17.3. The first-order chi connectivity index (χ1) is 17.9. The molecule has 0 saturated carbocycles. The molecule has 1 aliphatic rings. The van der Waals surface area contributed by atoms with Gasteiger partial charge in [-0.15, -0.1) is 11.3 Å². The van der Waals surface area contributed by atoms with Gasteiger partial charge in [0.1, 0.15) is 22.6 Å². The van der Waals surface area contributed by atoms with Gasteiger partial charge in [0.2, 0.25) is 5.91 Å². The lowest BCUT2D eigenvalue weighted by Crippen LogP contribution is -2.37. The standard InChI is InChI=1S/C26H24F5N5OS/c1-4-36-13-20(25(33-36)26(29,30)31)24-18(8-15(27)9-21(24)28)19-12-35(23(37)6-5-7-34(2)3)14-22-17(19)10-16(11-32)38-22/h5-6,8-10,13,19H,4,7,12,14H2,1-3H3/b6-5+/t19-/m1/s1. The van der Waals surface area contributed by atoms with E-state index in [-0.39, 0.29) is 31.1 Å². The lowest BCUT2D eigenvalue weighted by Gasteiger charge is -2.33. The van der Waals surface area contributed by atoms with Crippen LogP contribution in [0.3, 0.4) is 0 Å². The van der Waals surface area contributed by atoms with Gasteiger partial charge in [-0.3, -0.25) is 9.48 Å². The zero-order chi connectivity index (χ0) is 27.8. The van der Waals surface area contributed by atoms with Crippen molar-refractivity contribution in [3.63, 3.8) is 0 Å². The van der Waals surface area contributed by atoms with E-state index in [9.17, 15) is 27.6 Å². The topological polar surface area (TPSA) is 65.2 Å². The van der Waals surface area contributed by atoms with Gasteiger partial charge in [0, 0.05) is 59.9 Å². The zero-order valence-electron chi connectivity index (χ0n) is 20.8. The normalized spacial score (nSPS) is 15.8. The van der Waals surface area contributed by atoms with Crippen molar-refractivity contribution in [2.75, 3.05) is 27.2 Å². The molecule has 1 aliphatic heterocycles. The Morgan fingerprint density at radius 1 is 1.26 bits per heavy atom. The van der Waals surface area contributed by atoms with Gasteiger partial charge >= 0.3 is 6.18 Å². The molecule has 1 amide bonds. The van der Waals surface area contributed by atoms with E-state index in [0.717, 1.165) is 28.3 Å². The second kappa shape index (κ2) is 10.7. The smallest absolute Gasteiger partial charge is 0.333 e. The van der Waals surface area contributed by atoms with Crippen LogP contribution < -0.4 is 0 Å². The summed E-state index contributed by atoms with van der Waals surface area (Å²) in [7, 11) is 3.67. The molecule has 2 aromatic heterocycles. The molecule has 3 aromatic rings. The van der Waals surface area contributed by atoms with Gasteiger partial charge in [0.25, 0.3) is 0 Å². The molecule has 0 N–H and O–H groups in total. The van der Waals surface area contributed by atoms with Crippen LogP contribution >= 0.6 is 11.3 Å². The Morgan fingerprint density at radius 3 is 2.63 bits per heavy atom. The second-order valence-corrected chi connectivity index (χ2v) is 10.3. The molecule has 4 rings (SSSR count). The highest BCUT2D eigenvalue weighted by Gasteiger charge is 2.40. The Morgan fingerprint density at radius 2 is 2.00 bits per heavy atom. The quantitative estimate of drug-likeness (QED) is 0.306. The van der Waals surface area contributed by atoms with Crippen LogP contribution in [0.15, 0.2) is 36.5 Å². The van der Waals surface area contributed by atoms with Crippen molar-refractivity contribution >= 4 is 17.2 Å². The number of aryl methyl sites for hydroxylation is 1. The van der Waals surface area contributed by atoms with Crippen LogP contribution in [-0.4, -0.2) is 52.7 Å². The number of rotatable bonds is 6. The van der Waals surface area contributed by atoms with Crippen LogP contribution in [0, 0.1) is 23.0 Å². The highest BCUT2D eigenvalue weighted by atomic mass is 32.1. The predicted octanol–water partition coefficient (Wildman–Crippen LogP) is 5.39. The van der Waals surface area contributed by atoms with E-state index in [1.54, 1.807) is 19.1 Å². The third kappa shape index (κ3) is 5.49. The molecule has 0 unspecified atom stereocenters. The molecule has 0 fully saturated rings. The molecule has 1 aromatic carbocycles. The van der Waals surface area contributed by atoms with Gasteiger partial charge in [-0.25, -0.2) is 8.78 Å². The lowest BCUT2D eigenvalue weighted by molar-refractivity contribution is -0.141. The summed E-state index contributed by atoms with van der Waals surface area (Å²) in [6.07, 6.45) is -0.736. The number of hydrogen-bond donors (Lipinski definition) is 0. The summed E-state index contributed by atoms with van der Waals surface area (Å²) in [5.41, 5.74) is -1.74. The van der Waals surface area contributed by atoms with Gasteiger partial charge in [-0.05, 0) is 44.3 Å². The third-order valence-electron chi connectivity index (χ3n) is 6.19. The van der Waals surface area contributed by atoms with Gasteiger partial charge in [0.05, 0.1) is 6.54 Å². The number of amides is 1. The number of nitriles is 1. The number of hydrogen-bond acceptors (Lipinski definition) is 5. The minimum Gasteiger partial charge on any atom is -0.333 e. The molecule has 0 aliphatic carbocycles. The van der Waals surface area contributed by atoms with E-state index in [2.05, 4.69) is 5.10 Å². The third-order valence-corrected chi connectivity index (χ3v) is 7.23. The van der Waals surface area contributed by atoms with Gasteiger partial charge in [0.15, 0.2) is 5.69 Å². The molecule has 38 heavy (non-hydrogen) atoms. The monoisotopic (exact) mass is 549 g/mol. The first-order valence-electron chi connectivity index (χ1n) is 11.7. The predicted molar refractivity (Wildman–Crippen MR) is 132 cm³/mol. The van der Waals surface area contributed by atoms with Gasteiger partial charge in [-0.2, -0.15) is 23.5 Å². The molecular weight excluding hydrogens is 525 g/mol. The largest absolute Gasteiger partial charge is 0.435 e. The number of thiophene rings is 1. The number of fused-ring (bicyclic) bond motifs is 1. The minimum atomic E-state index is -4.89. The summed E-state index contributed by atoms with van der Waals surface area (Å²) in [6, 6.07) is 5.14. The van der Waals surface area contributed by atoms with Crippen molar-refractivity contribution in [1.82, 2.24) is 19.6 Å². The Kier molecular flexibility index (Phi) is 7.71. The molecule has 1 atom stereocenters. The number of benzene rings is 1. The fraction of sp³-hybridized carbons (Fsp3) is 0.346. The Labute approximate surface area is 220 Å². The number of carbonyl (C=O) groups is 1. The van der Waals surface area contributed by atoms with Crippen LogP contribution in [0.4, 0.5) is 22.0 Å². The average molecular weight is 550 g/mol. The average Bonchev–Trinajstić information content (AvgIpc) is 3.46. The second-order valence-electron chi connectivity index (χ2n) is 9.13. The minimum absolute atomic E-state index is 0.0428. The molecule has 0 bridgehead atoms. The van der Waals surface area contributed by atoms with Crippen molar-refractivity contribution in [2.45, 2.75) is 32.1 Å². The molecule has 3 heterocycles. The fourth-order valence-electron chi connectivity index (χ4n) is 4.50. The van der Waals surface area contributed by atoms with E-state index in [0.29, 0.717) is 27.9 Å². The molecule has 6 nitrogen and oxygen atoms in total. The summed E-state index contributed by atoms with van der Waals surface area (Å²) in [5.74, 6) is -3.38. The molecule has 0 saturated heterocycles. The summed E-state index contributed by atoms with van der Waals surface area (Å²) < 4.78 is 72.8. The zero-order valence-corrected chi connectivity index (χ0v) is 21.6. The first-order valence-corrected chi connectivity index (χ1v) is 12.5. The number of aromatic nitrogens is 2. The van der Waals surface area contributed by atoms with E-state index >= 15 is 4.39 Å². The maximum Gasteiger partial charge on any atom is 0.435 e. The fourth-order valence-corrected chi connectivity index (χ4v) is 5.54. The number of alkyl halides is 3. The number of nitrogens with zero attached hydrogens (tertiary/aromatic N) is 5. The van der Waals surface area contributed by atoms with Crippen molar-refractivity contribution in [1.29, 1.82) is 5.26 Å². The maximum atomic E-state index is 15.4. The van der Waals surface area contributed by atoms with Crippen molar-refractivity contribution < 1.29 is 26.7 Å². The van der Waals surface area contributed by atoms with Crippen molar-refractivity contribution in [3.8, 4) is 17.2 Å². The number of halogens is 5. The molecular formula is C26H24F5N5OS. The summed E-state index contributed by atoms with van der Waals surface area (Å²) in [5, 5.41) is 13.1. The molecule has 200 valence electrons. The SMILES string of the molecule is CCn1cc(-c2c(F)cc(F)cc2[C@@H]2CN(C(=O)/C=C/CN(C)C)Cc3sc(C#N)cc32)c(C(F)(F)F)n1. The molecule has 0 radical (unpaired) electrons. The lowest BCUT2D eigenvalue weighted by atomic mass is 9.83. The first kappa shape index (κ1) is 27.5. The molecule has 12 heteroatoms. The van der Waals surface area contributed by atoms with Crippen LogP contribution in [0.1, 0.15) is 39.4 Å². The summed E-state index contributed by atoms with van der Waals surface area (Å²) >= 11 is 1.14. The Bertz CT molecular complexity index is 1430. The van der Waals surface area contributed by atoms with Crippen LogP contribution in [-0.2, 0) is 24.1 Å². The highest BCUT2D eigenvalue weighted by Crippen LogP contribution is 2.45. The van der Waals surface area contributed by atoms with Gasteiger partial charge < -0.3 is 9.80 Å². The number of likely N-dealkylation sites (N-methyl/N-ethyl adjacent to an activating group) is 1. The van der Waals surface area contributed by atoms with Crippen LogP contribution in [0.2, 0.25) is 0 Å². The van der Waals surface area contributed by atoms with E-state index < -0.39 is 40.5 Å². The molecule has 0 spiro atoms. The maximum absolute atomic E-state index is 15.4. The van der Waals surface area contributed by atoms with Gasteiger partial charge in [-0.1, -0.05) is 6.08 Å². The highest BCUT2D eigenvalue weighted by molar-refractivity contribution is 7.12. The summed E-state index contributed by atoms with van der Waals surface area (Å²) in [6.45, 7) is 2.32. The van der Waals surface area contributed by atoms with E-state index in [1.165, 1.54) is 11.0 Å². The Balaban J connectivity index is 1.90.